The number of primary amides is 1. The molecule has 1 unspecified atom stereocenters. The molecule has 0 aromatic carbocycles. The fraction of sp³-hybridized carbons (Fsp3) is 0.333. The lowest BCUT2D eigenvalue weighted by molar-refractivity contribution is 0.0961. The first kappa shape index (κ1) is 16.5. The predicted octanol–water partition coefficient (Wildman–Crippen LogP) is 3.93. The van der Waals surface area contributed by atoms with Gasteiger partial charge in [0.2, 0.25) is 0 Å². The summed E-state index contributed by atoms with van der Waals surface area (Å²) < 4.78 is 7.91. The number of nitrogens with two attached hydrogens (primary N) is 1. The number of hydrogen-bond acceptors (Lipinski definition) is 5. The van der Waals surface area contributed by atoms with Gasteiger partial charge in [-0.1, -0.05) is 0 Å². The van der Waals surface area contributed by atoms with Crippen molar-refractivity contribution in [2.24, 2.45) is 5.73 Å². The second kappa shape index (κ2) is 6.74. The van der Waals surface area contributed by atoms with E-state index in [-0.39, 0.29) is 6.10 Å². The Morgan fingerprint density at radius 3 is 3.04 bits per heavy atom. The van der Waals surface area contributed by atoms with Crippen LogP contribution in [0.5, 0.6) is 0 Å². The quantitative estimate of drug-likeness (QED) is 0.737. The Balaban J connectivity index is 1.74. The highest BCUT2D eigenvalue weighted by atomic mass is 32.1. The van der Waals surface area contributed by atoms with Gasteiger partial charge in [0, 0.05) is 35.2 Å². The maximum Gasteiger partial charge on any atom is 0.250 e. The average Bonchev–Trinajstić information content (AvgIpc) is 3.35. The van der Waals surface area contributed by atoms with Crippen molar-refractivity contribution in [3.63, 3.8) is 0 Å². The van der Waals surface area contributed by atoms with Crippen molar-refractivity contribution in [1.29, 1.82) is 0 Å². The van der Waals surface area contributed by atoms with Crippen molar-refractivity contribution in [3.8, 4) is 22.0 Å². The normalized spacial score (nSPS) is 17.2. The fourth-order valence-corrected chi connectivity index (χ4v) is 4.77. The maximum absolute atomic E-state index is 11.8. The molecule has 130 valence electrons. The molecule has 0 bridgehead atoms. The molecule has 1 atom stereocenters. The van der Waals surface area contributed by atoms with Crippen LogP contribution in [0.15, 0.2) is 28.3 Å². The molecule has 1 fully saturated rings. The molecule has 4 rings (SSSR count). The van der Waals surface area contributed by atoms with Crippen LogP contribution in [-0.4, -0.2) is 28.2 Å². The molecule has 0 radical (unpaired) electrons. The highest BCUT2D eigenvalue weighted by molar-refractivity contribution is 7.14. The van der Waals surface area contributed by atoms with E-state index in [0.29, 0.717) is 5.56 Å². The number of thiazole rings is 1. The Hall–Kier alpha value is -1.96. The Morgan fingerprint density at radius 2 is 2.36 bits per heavy atom. The summed E-state index contributed by atoms with van der Waals surface area (Å²) in [7, 11) is 0. The van der Waals surface area contributed by atoms with E-state index in [2.05, 4.69) is 16.0 Å². The molecule has 4 heterocycles. The van der Waals surface area contributed by atoms with Crippen molar-refractivity contribution >= 4 is 28.6 Å². The van der Waals surface area contributed by atoms with Crippen molar-refractivity contribution in [2.75, 3.05) is 6.61 Å². The number of aromatic nitrogens is 2. The van der Waals surface area contributed by atoms with Crippen LogP contribution in [0, 0.1) is 6.92 Å². The molecule has 1 aliphatic heterocycles. The second-order valence-corrected chi connectivity index (χ2v) is 7.83. The van der Waals surface area contributed by atoms with E-state index in [1.807, 2.05) is 23.8 Å². The van der Waals surface area contributed by atoms with Gasteiger partial charge < -0.3 is 15.0 Å². The highest BCUT2D eigenvalue weighted by Crippen LogP contribution is 2.33. The molecule has 7 heteroatoms. The first-order chi connectivity index (χ1) is 12.1. The summed E-state index contributed by atoms with van der Waals surface area (Å²) in [5.74, 6) is -0.405. The summed E-state index contributed by atoms with van der Waals surface area (Å²) in [6.07, 6.45) is 2.31. The Morgan fingerprint density at radius 1 is 1.48 bits per heavy atom. The van der Waals surface area contributed by atoms with E-state index in [9.17, 15) is 4.79 Å². The van der Waals surface area contributed by atoms with Gasteiger partial charge in [0.15, 0.2) is 0 Å². The number of hydrogen-bond donors (Lipinski definition) is 1. The fourth-order valence-electron chi connectivity index (χ4n) is 3.24. The van der Waals surface area contributed by atoms with Gasteiger partial charge in [-0.2, -0.15) is 11.3 Å². The smallest absolute Gasteiger partial charge is 0.250 e. The Kier molecular flexibility index (Phi) is 4.45. The summed E-state index contributed by atoms with van der Waals surface area (Å²) in [5, 5.41) is 7.16. The van der Waals surface area contributed by atoms with Gasteiger partial charge in [0.1, 0.15) is 5.01 Å². The van der Waals surface area contributed by atoms with Crippen molar-refractivity contribution in [3.05, 3.63) is 39.5 Å². The van der Waals surface area contributed by atoms with Crippen molar-refractivity contribution < 1.29 is 9.53 Å². The minimum absolute atomic E-state index is 0.181. The van der Waals surface area contributed by atoms with Gasteiger partial charge in [-0.25, -0.2) is 4.98 Å². The molecule has 0 spiro atoms. The highest BCUT2D eigenvalue weighted by Gasteiger charge is 2.23. The summed E-state index contributed by atoms with van der Waals surface area (Å²) in [6.45, 7) is 3.46. The molecule has 1 saturated heterocycles. The lowest BCUT2D eigenvalue weighted by Crippen LogP contribution is -2.18. The number of rotatable bonds is 5. The van der Waals surface area contributed by atoms with Crippen LogP contribution < -0.4 is 5.73 Å². The van der Waals surface area contributed by atoms with E-state index < -0.39 is 5.91 Å². The summed E-state index contributed by atoms with van der Waals surface area (Å²) in [5.41, 5.74) is 9.93. The zero-order valence-corrected chi connectivity index (χ0v) is 15.5. The molecular weight excluding hydrogens is 354 g/mol. The largest absolute Gasteiger partial charge is 0.376 e. The van der Waals surface area contributed by atoms with Crippen molar-refractivity contribution in [2.45, 2.75) is 32.4 Å². The lowest BCUT2D eigenvalue weighted by Gasteiger charge is -2.15. The van der Waals surface area contributed by atoms with Crippen LogP contribution >= 0.6 is 22.7 Å². The SMILES string of the molecule is Cc1c(C(N)=O)cc(-c2csc(-c3ccsc3)n2)n1CC1CCCO1. The minimum Gasteiger partial charge on any atom is -0.376 e. The minimum atomic E-state index is -0.405. The van der Waals surface area contributed by atoms with Crippen LogP contribution in [-0.2, 0) is 11.3 Å². The number of ether oxygens (including phenoxy) is 1. The first-order valence-electron chi connectivity index (χ1n) is 8.23. The zero-order chi connectivity index (χ0) is 17.4. The van der Waals surface area contributed by atoms with Crippen LogP contribution in [0.4, 0.5) is 0 Å². The summed E-state index contributed by atoms with van der Waals surface area (Å²) >= 11 is 3.27. The molecular formula is C18H19N3O2S2. The summed E-state index contributed by atoms with van der Waals surface area (Å²) in [6, 6.07) is 3.93. The molecule has 0 saturated carbocycles. The van der Waals surface area contributed by atoms with Gasteiger partial charge in [0.05, 0.1) is 23.1 Å². The number of carbonyl (C=O) groups excluding carboxylic acids is 1. The van der Waals surface area contributed by atoms with E-state index in [1.54, 1.807) is 22.7 Å². The molecule has 25 heavy (non-hydrogen) atoms. The molecule has 2 N–H and O–H groups in total. The standard InChI is InChI=1S/C18H19N3O2S2/c1-11-14(17(19)22)7-16(21(11)8-13-3-2-5-23-13)15-10-25-18(20-15)12-4-6-24-9-12/h4,6-7,9-10,13H,2-3,5,8H2,1H3,(H2,19,22). The lowest BCUT2D eigenvalue weighted by atomic mass is 10.2. The van der Waals surface area contributed by atoms with E-state index in [4.69, 9.17) is 15.5 Å². The zero-order valence-electron chi connectivity index (χ0n) is 13.9. The van der Waals surface area contributed by atoms with Gasteiger partial charge in [0.25, 0.3) is 5.91 Å². The van der Waals surface area contributed by atoms with Crippen LogP contribution in [0.1, 0.15) is 28.9 Å². The van der Waals surface area contributed by atoms with Gasteiger partial charge in [-0.15, -0.1) is 11.3 Å². The van der Waals surface area contributed by atoms with Crippen LogP contribution in [0.3, 0.4) is 0 Å². The second-order valence-electron chi connectivity index (χ2n) is 6.19. The van der Waals surface area contributed by atoms with E-state index in [0.717, 1.165) is 53.6 Å². The molecule has 1 amide bonds. The number of amides is 1. The molecule has 1 aliphatic rings. The third-order valence-electron chi connectivity index (χ3n) is 4.58. The first-order valence-corrected chi connectivity index (χ1v) is 10.1. The third kappa shape index (κ3) is 3.15. The molecule has 0 aliphatic carbocycles. The average molecular weight is 374 g/mol. The third-order valence-corrected chi connectivity index (χ3v) is 6.15. The van der Waals surface area contributed by atoms with E-state index in [1.165, 1.54) is 0 Å². The van der Waals surface area contributed by atoms with Crippen LogP contribution in [0.2, 0.25) is 0 Å². The Labute approximate surface area is 154 Å². The number of nitrogens with zero attached hydrogens (tertiary/aromatic N) is 2. The summed E-state index contributed by atoms with van der Waals surface area (Å²) in [4.78, 5) is 16.6. The number of carbonyl (C=O) groups is 1. The number of thiophene rings is 1. The van der Waals surface area contributed by atoms with Gasteiger partial charge in [-0.05, 0) is 37.3 Å². The van der Waals surface area contributed by atoms with Crippen molar-refractivity contribution in [1.82, 2.24) is 9.55 Å². The monoisotopic (exact) mass is 373 g/mol. The maximum atomic E-state index is 11.8. The van der Waals surface area contributed by atoms with E-state index >= 15 is 0 Å². The van der Waals surface area contributed by atoms with Crippen LogP contribution in [0.25, 0.3) is 22.0 Å². The molecule has 3 aromatic rings. The Bertz CT molecular complexity index is 890. The van der Waals surface area contributed by atoms with Gasteiger partial charge in [-0.3, -0.25) is 4.79 Å². The van der Waals surface area contributed by atoms with Gasteiger partial charge >= 0.3 is 0 Å². The molecule has 5 nitrogen and oxygen atoms in total. The predicted molar refractivity (Wildman–Crippen MR) is 101 cm³/mol. The molecule has 3 aromatic heterocycles. The topological polar surface area (TPSA) is 70.1 Å².